The molecule has 0 atom stereocenters. The second kappa shape index (κ2) is 8.58. The lowest BCUT2D eigenvalue weighted by atomic mass is 10.1. The molecule has 5 heteroatoms. The maximum atomic E-state index is 13.0. The summed E-state index contributed by atoms with van der Waals surface area (Å²) in [6, 6.07) is 12.0. The first-order valence-corrected chi connectivity index (χ1v) is 8.52. The largest absolute Gasteiger partial charge is 0.493 e. The van der Waals surface area contributed by atoms with Crippen LogP contribution in [0.15, 0.2) is 42.5 Å². The summed E-state index contributed by atoms with van der Waals surface area (Å²) in [5, 5.41) is 2.67. The van der Waals surface area contributed by atoms with E-state index in [1.165, 1.54) is 35.0 Å². The second-order valence-electron chi connectivity index (χ2n) is 5.28. The first-order valence-electron chi connectivity index (χ1n) is 7.37. The van der Waals surface area contributed by atoms with Crippen molar-refractivity contribution in [2.45, 2.75) is 13.8 Å². The van der Waals surface area contributed by atoms with Gasteiger partial charge >= 0.3 is 0 Å². The lowest BCUT2D eigenvalue weighted by molar-refractivity contribution is -0.113. The summed E-state index contributed by atoms with van der Waals surface area (Å²) in [7, 11) is 0. The highest BCUT2D eigenvalue weighted by Gasteiger charge is 2.04. The number of carbonyl (C=O) groups excluding carboxylic acids is 1. The number of hydrogen-bond acceptors (Lipinski definition) is 3. The summed E-state index contributed by atoms with van der Waals surface area (Å²) in [5.74, 6) is 1.37. The molecule has 2 aromatic rings. The highest BCUT2D eigenvalue weighted by molar-refractivity contribution is 7.99. The fourth-order valence-corrected chi connectivity index (χ4v) is 2.77. The first kappa shape index (κ1) is 17.3. The summed E-state index contributed by atoms with van der Waals surface area (Å²) in [6.07, 6.45) is 0. The van der Waals surface area contributed by atoms with Crippen LogP contribution in [0.3, 0.4) is 0 Å². The van der Waals surface area contributed by atoms with Crippen molar-refractivity contribution in [2.24, 2.45) is 0 Å². The molecular weight excluding hydrogens is 313 g/mol. The minimum absolute atomic E-state index is 0.146. The topological polar surface area (TPSA) is 38.3 Å². The number of rotatable bonds is 7. The van der Waals surface area contributed by atoms with Gasteiger partial charge < -0.3 is 10.1 Å². The molecule has 1 amide bonds. The Balaban J connectivity index is 1.66. The molecule has 1 N–H and O–H groups in total. The second-order valence-corrected chi connectivity index (χ2v) is 6.39. The van der Waals surface area contributed by atoms with Crippen LogP contribution in [0.4, 0.5) is 10.1 Å². The third-order valence-corrected chi connectivity index (χ3v) is 3.95. The van der Waals surface area contributed by atoms with E-state index in [1.54, 1.807) is 12.1 Å². The van der Waals surface area contributed by atoms with E-state index in [0.717, 1.165) is 5.75 Å². The Morgan fingerprint density at radius 1 is 1.17 bits per heavy atom. The zero-order valence-corrected chi connectivity index (χ0v) is 14.1. The molecule has 0 unspecified atom stereocenters. The van der Waals surface area contributed by atoms with Crippen LogP contribution in [0.2, 0.25) is 0 Å². The van der Waals surface area contributed by atoms with Gasteiger partial charge in [0.25, 0.3) is 0 Å². The van der Waals surface area contributed by atoms with Crippen molar-refractivity contribution >= 4 is 23.4 Å². The average molecular weight is 333 g/mol. The number of nitrogens with one attached hydrogen (secondary N) is 1. The fourth-order valence-electron chi connectivity index (χ4n) is 2.16. The lowest BCUT2D eigenvalue weighted by Crippen LogP contribution is -2.15. The highest BCUT2D eigenvalue weighted by atomic mass is 32.2. The van der Waals surface area contributed by atoms with Gasteiger partial charge in [0.1, 0.15) is 11.6 Å². The predicted molar refractivity (Wildman–Crippen MR) is 93.8 cm³/mol. The first-order chi connectivity index (χ1) is 11.0. The molecule has 0 bridgehead atoms. The van der Waals surface area contributed by atoms with Crippen LogP contribution in [0, 0.1) is 19.7 Å². The Morgan fingerprint density at radius 2 is 1.91 bits per heavy atom. The van der Waals surface area contributed by atoms with E-state index < -0.39 is 0 Å². The quantitative estimate of drug-likeness (QED) is 0.772. The standard InChI is InChI=1S/C18H20FNO2S/c1-13-8-14(2)10-17(9-13)22-6-7-23-12-18(21)20-16-5-3-4-15(19)11-16/h3-5,8-11H,6-7,12H2,1-2H3,(H,20,21). The number of carbonyl (C=O) groups is 1. The molecule has 23 heavy (non-hydrogen) atoms. The number of anilines is 1. The molecule has 2 aromatic carbocycles. The van der Waals surface area contributed by atoms with Crippen molar-refractivity contribution in [1.29, 1.82) is 0 Å². The van der Waals surface area contributed by atoms with Crippen LogP contribution in [-0.4, -0.2) is 24.0 Å². The third-order valence-electron chi connectivity index (χ3n) is 3.03. The molecule has 0 saturated heterocycles. The van der Waals surface area contributed by atoms with Crippen molar-refractivity contribution in [3.63, 3.8) is 0 Å². The number of aryl methyl sites for hydroxylation is 2. The number of hydrogen-bond donors (Lipinski definition) is 1. The van der Waals surface area contributed by atoms with Crippen LogP contribution in [0.25, 0.3) is 0 Å². The van der Waals surface area contributed by atoms with Crippen molar-refractivity contribution < 1.29 is 13.9 Å². The van der Waals surface area contributed by atoms with Crippen molar-refractivity contribution in [2.75, 3.05) is 23.4 Å². The molecule has 2 rings (SSSR count). The highest BCUT2D eigenvalue weighted by Crippen LogP contribution is 2.16. The molecule has 0 aromatic heterocycles. The molecule has 0 heterocycles. The molecule has 0 fully saturated rings. The van der Waals surface area contributed by atoms with Gasteiger partial charge in [-0.15, -0.1) is 11.8 Å². The Labute approximate surface area is 140 Å². The lowest BCUT2D eigenvalue weighted by Gasteiger charge is -2.08. The summed E-state index contributed by atoms with van der Waals surface area (Å²) < 4.78 is 18.7. The molecule has 0 aliphatic heterocycles. The molecular formula is C18H20FNO2S. The molecule has 0 saturated carbocycles. The van der Waals surface area contributed by atoms with Crippen LogP contribution in [0.1, 0.15) is 11.1 Å². The van der Waals surface area contributed by atoms with E-state index in [2.05, 4.69) is 11.4 Å². The molecule has 0 aliphatic rings. The van der Waals surface area contributed by atoms with Crippen LogP contribution in [-0.2, 0) is 4.79 Å². The van der Waals surface area contributed by atoms with Crippen LogP contribution >= 0.6 is 11.8 Å². The number of ether oxygens (including phenoxy) is 1. The summed E-state index contributed by atoms with van der Waals surface area (Å²) in [4.78, 5) is 11.8. The van der Waals surface area contributed by atoms with Gasteiger partial charge in [0.15, 0.2) is 0 Å². The number of halogens is 1. The van der Waals surface area contributed by atoms with Crippen LogP contribution in [0.5, 0.6) is 5.75 Å². The minimum Gasteiger partial charge on any atom is -0.493 e. The Kier molecular flexibility index (Phi) is 6.47. The Bertz CT molecular complexity index is 656. The monoisotopic (exact) mass is 333 g/mol. The predicted octanol–water partition coefficient (Wildman–Crippen LogP) is 4.19. The molecule has 3 nitrogen and oxygen atoms in total. The van der Waals surface area contributed by atoms with Gasteiger partial charge in [0.05, 0.1) is 12.4 Å². The molecule has 0 spiro atoms. The van der Waals surface area contributed by atoms with Gasteiger partial charge in [-0.25, -0.2) is 4.39 Å². The van der Waals surface area contributed by atoms with E-state index in [4.69, 9.17) is 4.74 Å². The van der Waals surface area contributed by atoms with E-state index in [-0.39, 0.29) is 11.7 Å². The SMILES string of the molecule is Cc1cc(C)cc(OCCSCC(=O)Nc2cccc(F)c2)c1. The Hall–Kier alpha value is -2.01. The van der Waals surface area contributed by atoms with Crippen molar-refractivity contribution in [3.05, 3.63) is 59.4 Å². The average Bonchev–Trinajstić information content (AvgIpc) is 2.46. The van der Waals surface area contributed by atoms with Crippen molar-refractivity contribution in [1.82, 2.24) is 0 Å². The van der Waals surface area contributed by atoms with Crippen LogP contribution < -0.4 is 10.1 Å². The zero-order chi connectivity index (χ0) is 16.7. The molecule has 0 radical (unpaired) electrons. The smallest absolute Gasteiger partial charge is 0.234 e. The van der Waals surface area contributed by atoms with Gasteiger partial charge in [-0.2, -0.15) is 0 Å². The summed E-state index contributed by atoms with van der Waals surface area (Å²) in [6.45, 7) is 4.61. The third kappa shape index (κ3) is 6.32. The zero-order valence-electron chi connectivity index (χ0n) is 13.3. The van der Waals surface area contributed by atoms with E-state index in [9.17, 15) is 9.18 Å². The summed E-state index contributed by atoms with van der Waals surface area (Å²) in [5.41, 5.74) is 2.81. The Morgan fingerprint density at radius 3 is 2.61 bits per heavy atom. The van der Waals surface area contributed by atoms with Gasteiger partial charge in [0.2, 0.25) is 5.91 Å². The number of benzene rings is 2. The van der Waals surface area contributed by atoms with E-state index in [0.29, 0.717) is 23.8 Å². The van der Waals surface area contributed by atoms with E-state index >= 15 is 0 Å². The fraction of sp³-hybridized carbons (Fsp3) is 0.278. The normalized spacial score (nSPS) is 10.4. The molecule has 0 aliphatic carbocycles. The van der Waals surface area contributed by atoms with Crippen molar-refractivity contribution in [3.8, 4) is 5.75 Å². The van der Waals surface area contributed by atoms with Gasteiger partial charge in [-0.1, -0.05) is 12.1 Å². The maximum Gasteiger partial charge on any atom is 0.234 e. The molecule has 122 valence electrons. The van der Waals surface area contributed by atoms with Gasteiger partial charge in [-0.05, 0) is 55.3 Å². The van der Waals surface area contributed by atoms with Gasteiger partial charge in [0, 0.05) is 11.4 Å². The number of thioether (sulfide) groups is 1. The van der Waals surface area contributed by atoms with E-state index in [1.807, 2.05) is 26.0 Å². The maximum absolute atomic E-state index is 13.0. The van der Waals surface area contributed by atoms with Gasteiger partial charge in [-0.3, -0.25) is 4.79 Å². The number of amides is 1. The summed E-state index contributed by atoms with van der Waals surface area (Å²) >= 11 is 1.48. The minimum atomic E-state index is -0.364.